The Morgan fingerprint density at radius 3 is 2.51 bits per heavy atom. The van der Waals surface area contributed by atoms with Crippen LogP contribution in [0.25, 0.3) is 0 Å². The molecule has 2 aliphatic heterocycles. The van der Waals surface area contributed by atoms with Crippen LogP contribution < -0.4 is 4.74 Å². The van der Waals surface area contributed by atoms with E-state index in [1.807, 2.05) is 6.07 Å². The number of piperazine rings is 1. The minimum Gasteiger partial charge on any atom is -0.507 e. The van der Waals surface area contributed by atoms with Gasteiger partial charge in [0, 0.05) is 43.6 Å². The molecule has 4 rings (SSSR count). The number of carbonyl (C=O) groups excluding carboxylic acids is 1. The molecule has 0 bridgehead atoms. The van der Waals surface area contributed by atoms with Crippen LogP contribution in [0, 0.1) is 5.92 Å². The third kappa shape index (κ3) is 5.10. The summed E-state index contributed by atoms with van der Waals surface area (Å²) in [6.45, 7) is 9.67. The molecular weight excluding hydrogens is 464 g/mol. The Morgan fingerprint density at radius 2 is 1.89 bits per heavy atom. The van der Waals surface area contributed by atoms with Gasteiger partial charge in [-0.25, -0.2) is 8.42 Å². The van der Waals surface area contributed by atoms with Gasteiger partial charge < -0.3 is 14.7 Å². The monoisotopic (exact) mass is 504 g/mol. The average Bonchev–Trinajstić information content (AvgIpc) is 2.77. The Balaban J connectivity index is 1.76. The van der Waals surface area contributed by atoms with E-state index in [1.165, 1.54) is 16.1 Å². The zero-order valence-electron chi connectivity index (χ0n) is 21.8. The maximum atomic E-state index is 13.8. The van der Waals surface area contributed by atoms with Crippen molar-refractivity contribution in [3.05, 3.63) is 34.4 Å². The Bertz CT molecular complexity index is 1120. The molecule has 7 nitrogen and oxygen atoms in total. The van der Waals surface area contributed by atoms with Crippen LogP contribution >= 0.6 is 0 Å². The van der Waals surface area contributed by atoms with Gasteiger partial charge in [-0.1, -0.05) is 31.4 Å². The molecule has 0 radical (unpaired) electrons. The third-order valence-corrected chi connectivity index (χ3v) is 9.29. The average molecular weight is 505 g/mol. The fraction of sp³-hybridized carbons (Fsp3) is 0.667. The summed E-state index contributed by atoms with van der Waals surface area (Å²) in [5.74, 6) is 0.728. The van der Waals surface area contributed by atoms with Gasteiger partial charge in [-0.15, -0.1) is 0 Å². The van der Waals surface area contributed by atoms with Crippen molar-refractivity contribution >= 4 is 15.9 Å². The summed E-state index contributed by atoms with van der Waals surface area (Å²) >= 11 is 0. The normalized spacial score (nSPS) is 24.3. The lowest BCUT2D eigenvalue weighted by Gasteiger charge is -2.47. The first kappa shape index (κ1) is 26.0. The first-order valence-electron chi connectivity index (χ1n) is 12.9. The largest absolute Gasteiger partial charge is 0.507 e. The van der Waals surface area contributed by atoms with Crippen LogP contribution in [0.3, 0.4) is 0 Å². The maximum absolute atomic E-state index is 13.8. The highest BCUT2D eigenvalue weighted by molar-refractivity contribution is 7.88. The first-order chi connectivity index (χ1) is 16.4. The summed E-state index contributed by atoms with van der Waals surface area (Å²) in [7, 11) is -3.29. The van der Waals surface area contributed by atoms with E-state index in [0.717, 1.165) is 43.2 Å². The third-order valence-electron chi connectivity index (χ3n) is 7.99. The summed E-state index contributed by atoms with van der Waals surface area (Å²) in [4.78, 5) is 15.5. The lowest BCUT2D eigenvalue weighted by Crippen LogP contribution is -2.50. The molecule has 1 amide bonds. The molecule has 0 spiro atoms. The van der Waals surface area contributed by atoms with Gasteiger partial charge in [0.25, 0.3) is 5.91 Å². The number of phenols is 1. The van der Waals surface area contributed by atoms with Gasteiger partial charge in [-0.2, -0.15) is 4.31 Å². The Morgan fingerprint density at radius 1 is 1.20 bits per heavy atom. The fourth-order valence-corrected chi connectivity index (χ4v) is 6.82. The predicted octanol–water partition coefficient (Wildman–Crippen LogP) is 4.45. The Kier molecular flexibility index (Phi) is 7.26. The van der Waals surface area contributed by atoms with Crippen LogP contribution in [-0.2, 0) is 16.4 Å². The zero-order valence-corrected chi connectivity index (χ0v) is 22.6. The van der Waals surface area contributed by atoms with E-state index in [0.29, 0.717) is 30.8 Å². The molecular formula is C27H40N2O5S. The fourth-order valence-electron chi connectivity index (χ4n) is 5.99. The summed E-state index contributed by atoms with van der Waals surface area (Å²) in [5, 5.41) is 11.7. The topological polar surface area (TPSA) is 87.2 Å². The van der Waals surface area contributed by atoms with Gasteiger partial charge in [0.15, 0.2) is 0 Å². The second kappa shape index (κ2) is 9.77. The van der Waals surface area contributed by atoms with Crippen LogP contribution in [-0.4, -0.2) is 66.7 Å². The van der Waals surface area contributed by atoms with Crippen molar-refractivity contribution in [1.82, 2.24) is 9.21 Å². The van der Waals surface area contributed by atoms with E-state index >= 15 is 0 Å². The number of phenolic OH excluding ortho intramolecular Hbond substituents is 1. The quantitative estimate of drug-likeness (QED) is 0.457. The van der Waals surface area contributed by atoms with Crippen molar-refractivity contribution in [2.75, 3.05) is 32.4 Å². The molecule has 1 aromatic rings. The predicted molar refractivity (Wildman–Crippen MR) is 138 cm³/mol. The van der Waals surface area contributed by atoms with Gasteiger partial charge in [-0.05, 0) is 58.1 Å². The number of hydrogen-bond acceptors (Lipinski definition) is 5. The number of aryl methyl sites for hydroxylation is 1. The standard InChI is InChI=1S/C27H40N2O5S/c1-6-7-8-9-19-17-22-24(20-16-18(2)10-11-21(20)27(3,4)34-22)25(30)23(19)26(31)28-12-14-29(15-13-28)35(5,32)33/h16-17,20-21,30H,6-15H2,1-5H3. The molecule has 1 aromatic carbocycles. The molecule has 1 fully saturated rings. The maximum Gasteiger partial charge on any atom is 0.257 e. The van der Waals surface area contributed by atoms with Crippen LogP contribution in [0.15, 0.2) is 17.7 Å². The molecule has 0 saturated carbocycles. The van der Waals surface area contributed by atoms with Crippen molar-refractivity contribution in [2.45, 2.75) is 77.7 Å². The van der Waals surface area contributed by atoms with Gasteiger partial charge >= 0.3 is 0 Å². The molecule has 1 saturated heterocycles. The highest BCUT2D eigenvalue weighted by Crippen LogP contribution is 2.54. The second-order valence-electron chi connectivity index (χ2n) is 11.0. The van der Waals surface area contributed by atoms with Crippen molar-refractivity contribution in [1.29, 1.82) is 0 Å². The van der Waals surface area contributed by atoms with Gasteiger partial charge in [0.05, 0.1) is 11.8 Å². The number of nitrogens with zero attached hydrogens (tertiary/aromatic N) is 2. The summed E-state index contributed by atoms with van der Waals surface area (Å²) in [6.07, 6.45) is 9.14. The lowest BCUT2D eigenvalue weighted by atomic mass is 9.67. The van der Waals surface area contributed by atoms with Crippen molar-refractivity contribution in [3.8, 4) is 11.5 Å². The number of rotatable bonds is 6. The van der Waals surface area contributed by atoms with E-state index in [-0.39, 0.29) is 42.2 Å². The SMILES string of the molecule is CCCCCc1cc2c(c(O)c1C(=O)N1CCN(S(C)(=O)=O)CC1)C1C=C(C)CCC1C(C)(C)O2. The summed E-state index contributed by atoms with van der Waals surface area (Å²) in [6, 6.07) is 1.99. The van der Waals surface area contributed by atoms with Crippen molar-refractivity contribution in [3.63, 3.8) is 0 Å². The van der Waals surface area contributed by atoms with E-state index in [1.54, 1.807) is 4.90 Å². The Labute approximate surface area is 210 Å². The molecule has 2 unspecified atom stereocenters. The van der Waals surface area contributed by atoms with Crippen molar-refractivity contribution < 1.29 is 23.1 Å². The number of hydrogen-bond donors (Lipinski definition) is 1. The van der Waals surface area contributed by atoms with E-state index in [4.69, 9.17) is 4.74 Å². The summed E-state index contributed by atoms with van der Waals surface area (Å²) < 4.78 is 31.7. The number of allylic oxidation sites excluding steroid dienone is 2. The number of aromatic hydroxyl groups is 1. The number of sulfonamides is 1. The first-order valence-corrected chi connectivity index (χ1v) is 14.8. The molecule has 1 N–H and O–H groups in total. The number of fused-ring (bicyclic) bond motifs is 3. The highest BCUT2D eigenvalue weighted by atomic mass is 32.2. The number of benzene rings is 1. The second-order valence-corrected chi connectivity index (χ2v) is 13.0. The van der Waals surface area contributed by atoms with Gasteiger partial charge in [0.1, 0.15) is 17.1 Å². The van der Waals surface area contributed by atoms with Crippen LogP contribution in [0.1, 0.15) is 87.2 Å². The molecule has 3 aliphatic rings. The van der Waals surface area contributed by atoms with E-state index in [2.05, 4.69) is 33.8 Å². The molecule has 2 atom stereocenters. The minimum atomic E-state index is -3.29. The molecule has 1 aliphatic carbocycles. The minimum absolute atomic E-state index is 0.000763. The van der Waals surface area contributed by atoms with Crippen LogP contribution in [0.2, 0.25) is 0 Å². The molecule has 2 heterocycles. The van der Waals surface area contributed by atoms with Gasteiger partial charge in [-0.3, -0.25) is 4.79 Å². The number of ether oxygens (including phenoxy) is 1. The van der Waals surface area contributed by atoms with Crippen molar-refractivity contribution in [2.24, 2.45) is 5.92 Å². The molecule has 0 aromatic heterocycles. The van der Waals surface area contributed by atoms with Crippen LogP contribution in [0.5, 0.6) is 11.5 Å². The lowest BCUT2D eigenvalue weighted by molar-refractivity contribution is 0.0106. The molecule has 194 valence electrons. The van der Waals surface area contributed by atoms with Gasteiger partial charge in [0.2, 0.25) is 10.0 Å². The van der Waals surface area contributed by atoms with Crippen LogP contribution in [0.4, 0.5) is 0 Å². The number of amides is 1. The highest BCUT2D eigenvalue weighted by Gasteiger charge is 2.46. The van der Waals surface area contributed by atoms with E-state index < -0.39 is 10.0 Å². The smallest absolute Gasteiger partial charge is 0.257 e. The number of carbonyl (C=O) groups is 1. The number of unbranched alkanes of at least 4 members (excludes halogenated alkanes) is 2. The van der Waals surface area contributed by atoms with E-state index in [9.17, 15) is 18.3 Å². The molecule has 35 heavy (non-hydrogen) atoms. The zero-order chi connectivity index (χ0) is 25.5. The Hall–Kier alpha value is -2.06. The molecule has 8 heteroatoms. The summed E-state index contributed by atoms with van der Waals surface area (Å²) in [5.41, 5.74) is 2.84.